The summed E-state index contributed by atoms with van der Waals surface area (Å²) in [6.07, 6.45) is 3.22. The second kappa shape index (κ2) is 6.75. The van der Waals surface area contributed by atoms with Gasteiger partial charge in [-0.25, -0.2) is 14.8 Å². The van der Waals surface area contributed by atoms with Crippen molar-refractivity contribution in [1.82, 2.24) is 19.7 Å². The molecule has 0 saturated carbocycles. The fourth-order valence-corrected chi connectivity index (χ4v) is 2.72. The van der Waals surface area contributed by atoms with Gasteiger partial charge in [0.25, 0.3) is 0 Å². The molecule has 0 fully saturated rings. The van der Waals surface area contributed by atoms with Crippen molar-refractivity contribution in [3.8, 4) is 17.0 Å². The second-order valence-electron chi connectivity index (χ2n) is 5.72. The zero-order chi connectivity index (χ0) is 18.8. The summed E-state index contributed by atoms with van der Waals surface area (Å²) in [6, 6.07) is 14.7. The maximum absolute atomic E-state index is 11.9. The van der Waals surface area contributed by atoms with Crippen LogP contribution < -0.4 is 15.7 Å². The molecule has 2 N–H and O–H groups in total. The molecule has 134 valence electrons. The van der Waals surface area contributed by atoms with Gasteiger partial charge in [0, 0.05) is 29.7 Å². The Kier molecular flexibility index (Phi) is 4.13. The van der Waals surface area contributed by atoms with Gasteiger partial charge in [0.1, 0.15) is 5.82 Å². The van der Waals surface area contributed by atoms with Crippen molar-refractivity contribution in [2.75, 3.05) is 12.4 Å². The number of anilines is 2. The molecule has 0 saturated heterocycles. The number of methoxy groups -OCH3 is 1. The lowest BCUT2D eigenvalue weighted by atomic mass is 10.1. The zero-order valence-electron chi connectivity index (χ0n) is 14.3. The Morgan fingerprint density at radius 1 is 1.07 bits per heavy atom. The Morgan fingerprint density at radius 2 is 1.96 bits per heavy atom. The number of pyridine rings is 2. The van der Waals surface area contributed by atoms with Crippen LogP contribution in [-0.4, -0.2) is 32.0 Å². The van der Waals surface area contributed by atoms with Crippen LogP contribution in [0, 0.1) is 0 Å². The molecule has 0 aliphatic rings. The van der Waals surface area contributed by atoms with Crippen LogP contribution in [0.4, 0.5) is 11.5 Å². The molecule has 3 aromatic heterocycles. The number of rotatable bonds is 4. The maximum atomic E-state index is 11.9. The summed E-state index contributed by atoms with van der Waals surface area (Å²) in [5.41, 5.74) is 1.92. The number of hydrogen-bond donors (Lipinski definition) is 2. The summed E-state index contributed by atoms with van der Waals surface area (Å²) >= 11 is 0. The predicted octanol–water partition coefficient (Wildman–Crippen LogP) is 2.84. The van der Waals surface area contributed by atoms with E-state index in [1.165, 1.54) is 6.20 Å². The largest absolute Gasteiger partial charge is 0.481 e. The lowest BCUT2D eigenvalue weighted by Gasteiger charge is -2.11. The van der Waals surface area contributed by atoms with E-state index < -0.39 is 5.69 Å². The molecule has 1 aromatic carbocycles. The molecule has 0 amide bonds. The molecule has 0 aliphatic carbocycles. The van der Waals surface area contributed by atoms with E-state index in [1.54, 1.807) is 31.5 Å². The van der Waals surface area contributed by atoms with Crippen molar-refractivity contribution >= 4 is 22.5 Å². The third kappa shape index (κ3) is 3.15. The minimum Gasteiger partial charge on any atom is -0.481 e. The summed E-state index contributed by atoms with van der Waals surface area (Å²) in [7, 11) is 1.57. The smallest absolute Gasteiger partial charge is 0.384 e. The molecule has 0 unspecified atom stereocenters. The highest BCUT2D eigenvalue weighted by Crippen LogP contribution is 2.26. The van der Waals surface area contributed by atoms with Gasteiger partial charge in [-0.15, -0.1) is 4.73 Å². The molecule has 4 rings (SSSR count). The highest BCUT2D eigenvalue weighted by atomic mass is 16.5. The van der Waals surface area contributed by atoms with Crippen molar-refractivity contribution in [2.24, 2.45) is 0 Å². The molecule has 0 atom stereocenters. The van der Waals surface area contributed by atoms with Crippen molar-refractivity contribution in [3.05, 3.63) is 71.4 Å². The first-order chi connectivity index (χ1) is 13.2. The van der Waals surface area contributed by atoms with E-state index in [0.717, 1.165) is 16.8 Å². The van der Waals surface area contributed by atoms with Crippen LogP contribution >= 0.6 is 0 Å². The van der Waals surface area contributed by atoms with Gasteiger partial charge in [-0.3, -0.25) is 0 Å². The summed E-state index contributed by atoms with van der Waals surface area (Å²) in [5.74, 6) is 0.860. The zero-order valence-corrected chi connectivity index (χ0v) is 14.3. The van der Waals surface area contributed by atoms with E-state index >= 15 is 0 Å². The monoisotopic (exact) mass is 361 g/mol. The minimum atomic E-state index is -0.806. The molecule has 0 aliphatic heterocycles. The van der Waals surface area contributed by atoms with Crippen LogP contribution in [0.3, 0.4) is 0 Å². The van der Waals surface area contributed by atoms with Gasteiger partial charge in [-0.05, 0) is 35.9 Å². The normalized spacial score (nSPS) is 10.7. The van der Waals surface area contributed by atoms with Gasteiger partial charge in [0.15, 0.2) is 5.65 Å². The van der Waals surface area contributed by atoms with E-state index in [4.69, 9.17) is 4.74 Å². The minimum absolute atomic E-state index is 0.135. The summed E-state index contributed by atoms with van der Waals surface area (Å²) in [6.45, 7) is 0. The van der Waals surface area contributed by atoms with Crippen molar-refractivity contribution in [1.29, 1.82) is 0 Å². The summed E-state index contributed by atoms with van der Waals surface area (Å²) in [4.78, 5) is 24.0. The Morgan fingerprint density at radius 3 is 2.74 bits per heavy atom. The maximum Gasteiger partial charge on any atom is 0.384 e. The number of ether oxygens (including phenoxy) is 1. The third-order valence-corrected chi connectivity index (χ3v) is 4.04. The van der Waals surface area contributed by atoms with Gasteiger partial charge in [-0.2, -0.15) is 4.98 Å². The molecule has 0 radical (unpaired) electrons. The van der Waals surface area contributed by atoms with Gasteiger partial charge < -0.3 is 15.3 Å². The van der Waals surface area contributed by atoms with E-state index in [2.05, 4.69) is 20.3 Å². The number of fused-ring (bicyclic) bond motifs is 1. The lowest BCUT2D eigenvalue weighted by Crippen LogP contribution is -2.23. The predicted molar refractivity (Wildman–Crippen MR) is 100 cm³/mol. The topological polar surface area (TPSA) is 102 Å². The van der Waals surface area contributed by atoms with Gasteiger partial charge in [0.05, 0.1) is 12.5 Å². The Balaban J connectivity index is 1.73. The van der Waals surface area contributed by atoms with Crippen molar-refractivity contribution in [2.45, 2.75) is 0 Å². The SMILES string of the molecule is COc1ccc(-c2cccc(Nc3nc(=O)n(O)c4ncccc34)c2)cn1. The van der Waals surface area contributed by atoms with E-state index in [-0.39, 0.29) is 5.65 Å². The van der Waals surface area contributed by atoms with Gasteiger partial charge >= 0.3 is 5.69 Å². The van der Waals surface area contributed by atoms with Crippen LogP contribution in [0.5, 0.6) is 5.88 Å². The molecule has 4 aromatic rings. The number of benzene rings is 1. The Labute approximate surface area is 153 Å². The molecular formula is C19H15N5O3. The average Bonchev–Trinajstić information content (AvgIpc) is 2.72. The molecular weight excluding hydrogens is 346 g/mol. The molecule has 8 heteroatoms. The van der Waals surface area contributed by atoms with E-state index in [0.29, 0.717) is 21.8 Å². The third-order valence-electron chi connectivity index (χ3n) is 4.04. The highest BCUT2D eigenvalue weighted by molar-refractivity contribution is 5.88. The van der Waals surface area contributed by atoms with Crippen LogP contribution in [0.15, 0.2) is 65.7 Å². The number of nitrogens with zero attached hydrogens (tertiary/aromatic N) is 4. The van der Waals surface area contributed by atoms with Crippen LogP contribution in [0.2, 0.25) is 0 Å². The molecule has 27 heavy (non-hydrogen) atoms. The standard InChI is InChI=1S/C19H15N5O3/c1-27-16-8-7-13(11-21-16)12-4-2-5-14(10-12)22-17-15-6-3-9-20-18(15)24(26)19(25)23-17/h2-11,26H,1H3,(H,22,23,25). The highest BCUT2D eigenvalue weighted by Gasteiger charge is 2.11. The first-order valence-corrected chi connectivity index (χ1v) is 8.10. The van der Waals surface area contributed by atoms with Crippen LogP contribution in [-0.2, 0) is 0 Å². The first-order valence-electron chi connectivity index (χ1n) is 8.10. The van der Waals surface area contributed by atoms with Gasteiger partial charge in [-0.1, -0.05) is 12.1 Å². The fraction of sp³-hybridized carbons (Fsp3) is 0.0526. The molecule has 0 bridgehead atoms. The summed E-state index contributed by atoms with van der Waals surface area (Å²) in [5, 5.41) is 13.5. The Bertz CT molecular complexity index is 1170. The quantitative estimate of drug-likeness (QED) is 0.539. The van der Waals surface area contributed by atoms with E-state index in [1.807, 2.05) is 30.3 Å². The van der Waals surface area contributed by atoms with Gasteiger partial charge in [0.2, 0.25) is 5.88 Å². The number of aromatic nitrogens is 4. The van der Waals surface area contributed by atoms with Crippen LogP contribution in [0.1, 0.15) is 0 Å². The lowest BCUT2D eigenvalue weighted by molar-refractivity contribution is 0.182. The van der Waals surface area contributed by atoms with Crippen LogP contribution in [0.25, 0.3) is 22.2 Å². The fourth-order valence-electron chi connectivity index (χ4n) is 2.72. The number of hydrogen-bond acceptors (Lipinski definition) is 7. The first kappa shape index (κ1) is 16.5. The summed E-state index contributed by atoms with van der Waals surface area (Å²) < 4.78 is 5.51. The van der Waals surface area contributed by atoms with Crippen molar-refractivity contribution < 1.29 is 9.94 Å². The molecule has 3 heterocycles. The molecule has 0 spiro atoms. The Hall–Kier alpha value is -3.94. The van der Waals surface area contributed by atoms with E-state index in [9.17, 15) is 10.0 Å². The second-order valence-corrected chi connectivity index (χ2v) is 5.72. The average molecular weight is 361 g/mol. The molecule has 8 nitrogen and oxygen atoms in total. The number of nitrogens with one attached hydrogen (secondary N) is 1. The van der Waals surface area contributed by atoms with Crippen molar-refractivity contribution in [3.63, 3.8) is 0 Å².